The summed E-state index contributed by atoms with van der Waals surface area (Å²) in [4.78, 5) is 10.3. The molecule has 0 saturated carbocycles. The second-order valence-corrected chi connectivity index (χ2v) is 15.0. The van der Waals surface area contributed by atoms with Crippen molar-refractivity contribution in [1.29, 1.82) is 0 Å². The molecule has 0 bridgehead atoms. The molecule has 56 heavy (non-hydrogen) atoms. The molecule has 264 valence electrons. The van der Waals surface area contributed by atoms with Gasteiger partial charge >= 0.3 is 0 Å². The first-order valence-electron chi connectivity index (χ1n) is 19.3. The van der Waals surface area contributed by atoms with Gasteiger partial charge in [-0.3, -0.25) is 4.40 Å². The fourth-order valence-corrected chi connectivity index (χ4v) is 9.49. The highest BCUT2D eigenvalue weighted by Gasteiger charge is 2.51. The quantitative estimate of drug-likeness (QED) is 0.178. The van der Waals surface area contributed by atoms with Crippen molar-refractivity contribution in [2.45, 2.75) is 19.3 Å². The topological polar surface area (TPSA) is 30.2 Å². The minimum Gasteiger partial charge on any atom is -0.276 e. The van der Waals surface area contributed by atoms with E-state index in [0.717, 1.165) is 44.9 Å². The molecule has 1 spiro atoms. The van der Waals surface area contributed by atoms with Gasteiger partial charge in [-0.2, -0.15) is 0 Å². The van der Waals surface area contributed by atoms with Crippen LogP contribution in [0, 0.1) is 6.92 Å². The van der Waals surface area contributed by atoms with Gasteiger partial charge in [-0.25, -0.2) is 9.97 Å². The maximum atomic E-state index is 5.22. The summed E-state index contributed by atoms with van der Waals surface area (Å²) < 4.78 is 2.17. The number of nitrogens with zero attached hydrogens (tertiary/aromatic N) is 3. The molecule has 2 aliphatic rings. The molecule has 0 amide bonds. The molecule has 0 aliphatic heterocycles. The summed E-state index contributed by atoms with van der Waals surface area (Å²) >= 11 is 0. The highest BCUT2D eigenvalue weighted by Crippen LogP contribution is 2.63. The number of benzene rings is 7. The molecular weight excluding hydrogens is 679 g/mol. The maximum Gasteiger partial charge on any atom is 0.149 e. The fraction of sp³-hybridized carbons (Fsp3) is 0.0566. The minimum atomic E-state index is -0.442. The lowest BCUT2D eigenvalue weighted by atomic mass is 9.70. The number of hydrogen-bond acceptors (Lipinski definition) is 2. The summed E-state index contributed by atoms with van der Waals surface area (Å²) in [5.41, 5.74) is 21.8. The van der Waals surface area contributed by atoms with Crippen LogP contribution in [0.25, 0.3) is 84.7 Å². The van der Waals surface area contributed by atoms with Crippen LogP contribution in [0.3, 0.4) is 0 Å². The Balaban J connectivity index is 1.10. The average Bonchev–Trinajstić information content (AvgIpc) is 3.88. The zero-order chi connectivity index (χ0) is 37.5. The van der Waals surface area contributed by atoms with Crippen molar-refractivity contribution in [1.82, 2.24) is 14.4 Å². The molecule has 0 unspecified atom stereocenters. The van der Waals surface area contributed by atoms with E-state index < -0.39 is 5.41 Å². The molecule has 7 aromatic carbocycles. The number of rotatable bonds is 5. The molecule has 0 radical (unpaired) electrons. The van der Waals surface area contributed by atoms with Crippen LogP contribution in [-0.2, 0) is 5.41 Å². The monoisotopic (exact) mass is 715 g/mol. The summed E-state index contributed by atoms with van der Waals surface area (Å²) in [7, 11) is 0. The van der Waals surface area contributed by atoms with Crippen LogP contribution in [0.5, 0.6) is 0 Å². The molecule has 0 N–H and O–H groups in total. The van der Waals surface area contributed by atoms with Gasteiger partial charge in [0, 0.05) is 11.1 Å². The lowest BCUT2D eigenvalue weighted by molar-refractivity contribution is 0.794. The average molecular weight is 716 g/mol. The highest BCUT2D eigenvalue weighted by atomic mass is 15.1. The Labute approximate surface area is 326 Å². The maximum absolute atomic E-state index is 5.22. The molecule has 0 fully saturated rings. The Kier molecular flexibility index (Phi) is 7.05. The molecule has 2 aromatic heterocycles. The standard InChI is InChI=1S/C53H37N3/c1-4-12-48-39(5-2)52-55-49-17-10-11-18-50(49)56(52)51(54-48)36-25-23-35(24-26-36)38-28-30-43-42-29-27-37(34-21-19-33(3)20-22-34)31-46(42)53(47(43)32-38)44-15-8-6-13-40(44)41-14-7-9-16-45(41)53/h4-32H,2H2,1,3H3/b12-4-. The van der Waals surface area contributed by atoms with Gasteiger partial charge in [0.2, 0.25) is 0 Å². The van der Waals surface area contributed by atoms with Crippen LogP contribution in [-0.4, -0.2) is 14.4 Å². The lowest BCUT2D eigenvalue weighted by Crippen LogP contribution is -2.26. The van der Waals surface area contributed by atoms with Gasteiger partial charge in [0.25, 0.3) is 0 Å². The normalized spacial score (nSPS) is 13.3. The third-order valence-corrected chi connectivity index (χ3v) is 12.0. The highest BCUT2D eigenvalue weighted by molar-refractivity contribution is 5.97. The summed E-state index contributed by atoms with van der Waals surface area (Å²) in [6.07, 6.45) is 5.92. The van der Waals surface area contributed by atoms with E-state index in [2.05, 4.69) is 170 Å². The molecule has 3 heteroatoms. The second kappa shape index (κ2) is 12.2. The smallest absolute Gasteiger partial charge is 0.149 e. The van der Waals surface area contributed by atoms with Crippen molar-refractivity contribution in [2.75, 3.05) is 0 Å². The Morgan fingerprint density at radius 3 is 1.66 bits per heavy atom. The third-order valence-electron chi connectivity index (χ3n) is 12.0. The molecule has 11 rings (SSSR count). The van der Waals surface area contributed by atoms with Gasteiger partial charge in [0.15, 0.2) is 0 Å². The van der Waals surface area contributed by atoms with E-state index in [1.165, 1.54) is 66.8 Å². The second-order valence-electron chi connectivity index (χ2n) is 15.0. The summed E-state index contributed by atoms with van der Waals surface area (Å²) in [6.45, 7) is 8.29. The van der Waals surface area contributed by atoms with Crippen LogP contribution in [0.4, 0.5) is 0 Å². The first-order valence-corrected chi connectivity index (χ1v) is 19.3. The van der Waals surface area contributed by atoms with Crippen molar-refractivity contribution in [3.8, 4) is 55.9 Å². The minimum absolute atomic E-state index is 0.442. The first-order chi connectivity index (χ1) is 27.6. The van der Waals surface area contributed by atoms with Gasteiger partial charge < -0.3 is 0 Å². The van der Waals surface area contributed by atoms with Gasteiger partial charge in [0.1, 0.15) is 11.5 Å². The summed E-state index contributed by atoms with van der Waals surface area (Å²) in [6, 6.07) is 58.3. The molecule has 0 atom stereocenters. The first kappa shape index (κ1) is 32.3. The predicted molar refractivity (Wildman–Crippen MR) is 233 cm³/mol. The van der Waals surface area contributed by atoms with E-state index in [9.17, 15) is 0 Å². The largest absolute Gasteiger partial charge is 0.276 e. The molecule has 0 saturated heterocycles. The van der Waals surface area contributed by atoms with Gasteiger partial charge in [-0.1, -0.05) is 158 Å². The van der Waals surface area contributed by atoms with Crippen molar-refractivity contribution in [2.24, 2.45) is 0 Å². The number of para-hydroxylation sites is 2. The molecule has 3 nitrogen and oxygen atoms in total. The Bertz CT molecular complexity index is 3060. The zero-order valence-electron chi connectivity index (χ0n) is 31.3. The summed E-state index contributed by atoms with van der Waals surface area (Å²) in [5, 5.41) is 0. The van der Waals surface area contributed by atoms with E-state index >= 15 is 0 Å². The van der Waals surface area contributed by atoms with Crippen molar-refractivity contribution < 1.29 is 0 Å². The van der Waals surface area contributed by atoms with E-state index in [0.29, 0.717) is 0 Å². The number of hydrogen-bond donors (Lipinski definition) is 0. The van der Waals surface area contributed by atoms with E-state index in [1.807, 2.05) is 31.2 Å². The number of fused-ring (bicyclic) bond motifs is 13. The van der Waals surface area contributed by atoms with Gasteiger partial charge in [0.05, 0.1) is 22.1 Å². The van der Waals surface area contributed by atoms with Crippen LogP contribution >= 0.6 is 0 Å². The molecule has 9 aromatic rings. The van der Waals surface area contributed by atoms with Crippen molar-refractivity contribution >= 4 is 28.8 Å². The van der Waals surface area contributed by atoms with Gasteiger partial charge in [-0.05, 0) is 111 Å². The number of imidazole rings is 1. The Morgan fingerprint density at radius 1 is 0.536 bits per heavy atom. The predicted octanol–water partition coefficient (Wildman–Crippen LogP) is 13.2. The molecule has 2 aliphatic carbocycles. The number of aryl methyl sites for hydroxylation is 1. The van der Waals surface area contributed by atoms with Crippen LogP contribution < -0.4 is 0 Å². The SMILES string of the molecule is C=Cc1c(/C=C\C)nc(-c2ccc(-c3ccc4c(c3)C3(c5ccccc5-c5ccccc53)c3cc(-c5ccc(C)cc5)ccc3-4)cc2)n2c1nc1ccccc12. The van der Waals surface area contributed by atoms with Gasteiger partial charge in [-0.15, -0.1) is 0 Å². The number of allylic oxidation sites excluding steroid dienone is 1. The van der Waals surface area contributed by atoms with Crippen molar-refractivity contribution in [3.05, 3.63) is 209 Å². The molecular formula is C53H37N3. The van der Waals surface area contributed by atoms with Crippen LogP contribution in [0.2, 0.25) is 0 Å². The third kappa shape index (κ3) is 4.46. The van der Waals surface area contributed by atoms with E-state index in [-0.39, 0.29) is 0 Å². The van der Waals surface area contributed by atoms with E-state index in [1.54, 1.807) is 0 Å². The van der Waals surface area contributed by atoms with E-state index in [4.69, 9.17) is 9.97 Å². The van der Waals surface area contributed by atoms with Crippen LogP contribution in [0.15, 0.2) is 170 Å². The fourth-order valence-electron chi connectivity index (χ4n) is 9.49. The Morgan fingerprint density at radius 2 is 1.05 bits per heavy atom. The van der Waals surface area contributed by atoms with Crippen molar-refractivity contribution in [3.63, 3.8) is 0 Å². The number of aromatic nitrogens is 3. The van der Waals surface area contributed by atoms with Crippen LogP contribution in [0.1, 0.15) is 46.0 Å². The summed E-state index contributed by atoms with van der Waals surface area (Å²) in [5.74, 6) is 0.853. The Hall–Kier alpha value is -7.10. The lowest BCUT2D eigenvalue weighted by Gasteiger charge is -2.31. The molecule has 2 heterocycles. The zero-order valence-corrected chi connectivity index (χ0v) is 31.3.